The van der Waals surface area contributed by atoms with E-state index in [2.05, 4.69) is 70.7 Å². The Balaban J connectivity index is 5.64. The van der Waals surface area contributed by atoms with Crippen molar-refractivity contribution in [2.45, 2.75) is 131 Å². The molecule has 0 bridgehead atoms. The van der Waals surface area contributed by atoms with Crippen molar-refractivity contribution < 1.29 is 4.43 Å². The molecule has 0 aliphatic heterocycles. The Morgan fingerprint density at radius 2 is 1.36 bits per heavy atom. The van der Waals surface area contributed by atoms with Crippen LogP contribution in [0.5, 0.6) is 0 Å². The van der Waals surface area contributed by atoms with Crippen LogP contribution >= 0.6 is 0 Å². The Kier molecular flexibility index (Phi) is 14.5. The van der Waals surface area contributed by atoms with Crippen molar-refractivity contribution in [3.05, 3.63) is 12.2 Å². The molecule has 0 radical (unpaired) electrons. The van der Waals surface area contributed by atoms with Crippen LogP contribution in [0.1, 0.15) is 92.4 Å². The molecule has 28 heavy (non-hydrogen) atoms. The van der Waals surface area contributed by atoms with E-state index in [1.54, 1.807) is 0 Å². The zero-order valence-electron chi connectivity index (χ0n) is 20.6. The third-order valence-corrected chi connectivity index (χ3v) is 19.9. The summed E-state index contributed by atoms with van der Waals surface area (Å²) in [6.07, 6.45) is 11.1. The van der Waals surface area contributed by atoms with Gasteiger partial charge in [-0.25, -0.2) is 0 Å². The Bertz CT molecular complexity index is 475. The Morgan fingerprint density at radius 3 is 1.71 bits per heavy atom. The van der Waals surface area contributed by atoms with Gasteiger partial charge in [0.2, 0.25) is 0 Å². The summed E-state index contributed by atoms with van der Waals surface area (Å²) in [7, 11) is -1.65. The van der Waals surface area contributed by atoms with E-state index in [-0.39, 0.29) is 5.60 Å². The summed E-state index contributed by atoms with van der Waals surface area (Å²) < 4.78 is 15.1. The second kappa shape index (κ2) is 14.3. The normalized spacial score (nSPS) is 14.3. The van der Waals surface area contributed by atoms with E-state index < -0.39 is 26.7 Å². The summed E-state index contributed by atoms with van der Waals surface area (Å²) in [6, 6.07) is 0. The van der Waals surface area contributed by atoms with Crippen LogP contribution in [0, 0.1) is 9.86 Å². The van der Waals surface area contributed by atoms with E-state index in [0.29, 0.717) is 0 Å². The first-order chi connectivity index (χ1) is 13.1. The zero-order chi connectivity index (χ0) is 21.7. The SMILES string of the molecule is C=C(CCC)C(C)(CC#[C][Sn]([CH2]CCC)([CH2]CCC)[CH2]CCC)O[Si](C)(C)C. The van der Waals surface area contributed by atoms with Gasteiger partial charge in [-0.15, -0.1) is 0 Å². The van der Waals surface area contributed by atoms with E-state index in [9.17, 15) is 0 Å². The molecule has 0 rings (SSSR count). The van der Waals surface area contributed by atoms with Crippen molar-refractivity contribution in [3.63, 3.8) is 0 Å². The molecule has 0 aliphatic rings. The summed E-state index contributed by atoms with van der Waals surface area (Å²) in [5, 5.41) is 0. The van der Waals surface area contributed by atoms with Gasteiger partial charge in [0.25, 0.3) is 0 Å². The molecule has 1 nitrogen and oxygen atoms in total. The second-order valence-electron chi connectivity index (χ2n) is 9.87. The van der Waals surface area contributed by atoms with Crippen molar-refractivity contribution >= 4 is 26.7 Å². The molecule has 0 aromatic rings. The number of hydrogen-bond donors (Lipinski definition) is 0. The third-order valence-electron chi connectivity index (χ3n) is 5.64. The summed E-state index contributed by atoms with van der Waals surface area (Å²) >= 11 is -2.38. The molecule has 0 fully saturated rings. The number of unbranched alkanes of at least 4 members (excludes halogenated alkanes) is 3. The van der Waals surface area contributed by atoms with Crippen molar-refractivity contribution in [1.82, 2.24) is 0 Å². The first-order valence-electron chi connectivity index (χ1n) is 12.0. The van der Waals surface area contributed by atoms with Gasteiger partial charge in [0.1, 0.15) is 0 Å². The molecule has 0 aliphatic carbocycles. The molecule has 3 heteroatoms. The predicted molar refractivity (Wildman–Crippen MR) is 134 cm³/mol. The molecule has 0 saturated carbocycles. The molecule has 0 saturated heterocycles. The Morgan fingerprint density at radius 1 is 0.893 bits per heavy atom. The molecular weight excluding hydrogens is 463 g/mol. The molecule has 0 spiro atoms. The van der Waals surface area contributed by atoms with Gasteiger partial charge in [-0.3, -0.25) is 0 Å². The zero-order valence-corrected chi connectivity index (χ0v) is 24.5. The fraction of sp³-hybridized carbons (Fsp3) is 0.840. The maximum atomic E-state index is 6.66. The maximum absolute atomic E-state index is 6.66. The molecule has 1 atom stereocenters. The number of hydrogen-bond acceptors (Lipinski definition) is 1. The van der Waals surface area contributed by atoms with E-state index in [1.165, 1.54) is 57.4 Å². The molecule has 0 aromatic heterocycles. The topological polar surface area (TPSA) is 9.23 Å². The van der Waals surface area contributed by atoms with E-state index in [4.69, 9.17) is 4.43 Å². The Labute approximate surface area is 183 Å². The van der Waals surface area contributed by atoms with Crippen LogP contribution in [0.4, 0.5) is 0 Å². The fourth-order valence-corrected chi connectivity index (χ4v) is 18.9. The Hall–Kier alpha value is 0.276. The van der Waals surface area contributed by atoms with Gasteiger partial charge in [0.15, 0.2) is 0 Å². The quantitative estimate of drug-likeness (QED) is 0.121. The minimum atomic E-state index is -2.38. The molecule has 164 valence electrons. The van der Waals surface area contributed by atoms with Gasteiger partial charge >= 0.3 is 184 Å². The standard InChI is InChI=1S/C13H23OSi.3C4H9.Sn/c1-8-10-12(3)13(4,11-9-2)14-15(5,6)7;3*1-3-4-2;/h3,8,10-11H2,1,4-7H3;3*1,3-4H2,2H3;. The monoisotopic (exact) mass is 514 g/mol. The molecular formula is C25H50OSiSn. The average Bonchev–Trinajstić information content (AvgIpc) is 2.61. The third kappa shape index (κ3) is 11.5. The van der Waals surface area contributed by atoms with Crippen LogP contribution in [0.3, 0.4) is 0 Å². The van der Waals surface area contributed by atoms with Crippen LogP contribution < -0.4 is 0 Å². The van der Waals surface area contributed by atoms with Crippen LogP contribution in [0.15, 0.2) is 12.2 Å². The van der Waals surface area contributed by atoms with Crippen LogP contribution in [0.25, 0.3) is 0 Å². The van der Waals surface area contributed by atoms with Gasteiger partial charge in [-0.2, -0.15) is 0 Å². The first-order valence-corrected chi connectivity index (χ1v) is 22.9. The van der Waals surface area contributed by atoms with Crippen LogP contribution in [-0.4, -0.2) is 32.3 Å². The first kappa shape index (κ1) is 28.3. The average molecular weight is 513 g/mol. The van der Waals surface area contributed by atoms with Gasteiger partial charge in [-0.1, -0.05) is 0 Å². The van der Waals surface area contributed by atoms with E-state index in [1.807, 2.05) is 0 Å². The van der Waals surface area contributed by atoms with Gasteiger partial charge in [-0.05, 0) is 0 Å². The van der Waals surface area contributed by atoms with Gasteiger partial charge in [0.05, 0.1) is 0 Å². The number of rotatable bonds is 15. The summed E-state index contributed by atoms with van der Waals surface area (Å²) in [6.45, 7) is 22.7. The van der Waals surface area contributed by atoms with Crippen molar-refractivity contribution in [2.75, 3.05) is 0 Å². The minimum absolute atomic E-state index is 0.272. The fourth-order valence-electron chi connectivity index (χ4n) is 3.98. The molecule has 0 heterocycles. The summed E-state index contributed by atoms with van der Waals surface area (Å²) in [4.78, 5) is 0. The molecule has 1 unspecified atom stereocenters. The van der Waals surface area contributed by atoms with Gasteiger partial charge in [0, 0.05) is 0 Å². The van der Waals surface area contributed by atoms with Crippen molar-refractivity contribution in [2.24, 2.45) is 0 Å². The predicted octanol–water partition coefficient (Wildman–Crippen LogP) is 8.73. The molecule has 0 N–H and O–H groups in total. The second-order valence-corrected chi connectivity index (χ2v) is 26.6. The van der Waals surface area contributed by atoms with Crippen LogP contribution in [0.2, 0.25) is 33.0 Å². The molecule has 0 aromatic carbocycles. The van der Waals surface area contributed by atoms with Gasteiger partial charge < -0.3 is 0 Å². The van der Waals surface area contributed by atoms with E-state index in [0.717, 1.165) is 19.3 Å². The van der Waals surface area contributed by atoms with Crippen molar-refractivity contribution in [3.8, 4) is 9.86 Å². The van der Waals surface area contributed by atoms with Crippen LogP contribution in [-0.2, 0) is 4.43 Å². The van der Waals surface area contributed by atoms with Crippen molar-refractivity contribution in [1.29, 1.82) is 0 Å². The summed E-state index contributed by atoms with van der Waals surface area (Å²) in [5.41, 5.74) is 0.967. The van der Waals surface area contributed by atoms with E-state index >= 15 is 0 Å². The molecule has 0 amide bonds. The summed E-state index contributed by atoms with van der Waals surface area (Å²) in [5.74, 6) is 3.74.